The number of rotatable bonds is 10. The SMILES string of the molecule is CCCCCCc1ccc(C#Cc2ccc(CNCC(C)c3cccc(Cl)c3)cc2)cc1. The zero-order chi connectivity index (χ0) is 22.6. The largest absolute Gasteiger partial charge is 0.312 e. The lowest BCUT2D eigenvalue weighted by atomic mass is 10.0. The summed E-state index contributed by atoms with van der Waals surface area (Å²) in [6, 6.07) is 25.3. The highest BCUT2D eigenvalue weighted by atomic mass is 35.5. The third-order valence-electron chi connectivity index (χ3n) is 5.78. The van der Waals surface area contributed by atoms with Crippen LogP contribution in [0.1, 0.15) is 73.3 Å². The number of aryl methyl sites for hydroxylation is 1. The van der Waals surface area contributed by atoms with Crippen molar-refractivity contribution < 1.29 is 0 Å². The first-order valence-corrected chi connectivity index (χ1v) is 12.2. The lowest BCUT2D eigenvalue weighted by Crippen LogP contribution is -2.19. The van der Waals surface area contributed by atoms with Gasteiger partial charge in [-0.05, 0) is 71.8 Å². The Bertz CT molecular complexity index is 1010. The molecule has 1 nitrogen and oxygen atoms in total. The van der Waals surface area contributed by atoms with Gasteiger partial charge in [0.15, 0.2) is 0 Å². The molecule has 0 fully saturated rings. The maximum absolute atomic E-state index is 6.10. The van der Waals surface area contributed by atoms with E-state index in [4.69, 9.17) is 11.6 Å². The molecule has 0 bridgehead atoms. The summed E-state index contributed by atoms with van der Waals surface area (Å²) in [6.45, 7) is 6.23. The minimum atomic E-state index is 0.418. The molecule has 0 radical (unpaired) electrons. The maximum atomic E-state index is 6.10. The van der Waals surface area contributed by atoms with Gasteiger partial charge >= 0.3 is 0 Å². The number of hydrogen-bond donors (Lipinski definition) is 1. The second kappa shape index (κ2) is 13.1. The molecule has 0 aliphatic heterocycles. The van der Waals surface area contributed by atoms with Crippen LogP contribution in [0.2, 0.25) is 5.02 Å². The van der Waals surface area contributed by atoms with Crippen molar-refractivity contribution in [2.45, 2.75) is 58.4 Å². The van der Waals surface area contributed by atoms with E-state index >= 15 is 0 Å². The summed E-state index contributed by atoms with van der Waals surface area (Å²) in [5.41, 5.74) is 6.06. The van der Waals surface area contributed by atoms with E-state index in [9.17, 15) is 0 Å². The van der Waals surface area contributed by atoms with Gasteiger partial charge in [-0.15, -0.1) is 0 Å². The molecule has 3 aromatic rings. The summed E-state index contributed by atoms with van der Waals surface area (Å²) in [5, 5.41) is 4.34. The van der Waals surface area contributed by atoms with Crippen LogP contribution in [0.4, 0.5) is 0 Å². The van der Waals surface area contributed by atoms with Crippen LogP contribution in [-0.2, 0) is 13.0 Å². The summed E-state index contributed by atoms with van der Waals surface area (Å²) < 4.78 is 0. The van der Waals surface area contributed by atoms with Crippen LogP contribution >= 0.6 is 11.6 Å². The maximum Gasteiger partial charge on any atom is 0.0408 e. The molecule has 0 saturated carbocycles. The Morgan fingerprint density at radius 1 is 0.812 bits per heavy atom. The van der Waals surface area contributed by atoms with Crippen molar-refractivity contribution >= 4 is 11.6 Å². The monoisotopic (exact) mass is 443 g/mol. The fraction of sp³-hybridized carbons (Fsp3) is 0.333. The van der Waals surface area contributed by atoms with Gasteiger partial charge in [0.25, 0.3) is 0 Å². The highest BCUT2D eigenvalue weighted by Gasteiger charge is 2.05. The van der Waals surface area contributed by atoms with Gasteiger partial charge in [0.1, 0.15) is 0 Å². The van der Waals surface area contributed by atoms with Crippen molar-refractivity contribution in [3.8, 4) is 11.8 Å². The Morgan fingerprint density at radius 3 is 2.09 bits per heavy atom. The van der Waals surface area contributed by atoms with Gasteiger partial charge in [-0.1, -0.05) is 92.9 Å². The Balaban J connectivity index is 1.45. The Kier molecular flexibility index (Phi) is 9.89. The van der Waals surface area contributed by atoms with Crippen LogP contribution in [0.25, 0.3) is 0 Å². The molecule has 0 amide bonds. The highest BCUT2D eigenvalue weighted by Crippen LogP contribution is 2.18. The molecule has 3 rings (SSSR count). The van der Waals surface area contributed by atoms with Crippen molar-refractivity contribution in [3.63, 3.8) is 0 Å². The number of benzene rings is 3. The van der Waals surface area contributed by atoms with Crippen LogP contribution in [0.3, 0.4) is 0 Å². The van der Waals surface area contributed by atoms with Gasteiger partial charge in [-0.25, -0.2) is 0 Å². The van der Waals surface area contributed by atoms with Gasteiger partial charge in [0, 0.05) is 29.2 Å². The number of unbranched alkanes of at least 4 members (excludes halogenated alkanes) is 3. The quantitative estimate of drug-likeness (QED) is 0.249. The van der Waals surface area contributed by atoms with Crippen LogP contribution in [0, 0.1) is 11.8 Å². The van der Waals surface area contributed by atoms with Crippen molar-refractivity contribution in [1.82, 2.24) is 5.32 Å². The van der Waals surface area contributed by atoms with Gasteiger partial charge in [-0.3, -0.25) is 0 Å². The molecule has 0 heterocycles. The molecule has 32 heavy (non-hydrogen) atoms. The van der Waals surface area contributed by atoms with Gasteiger partial charge < -0.3 is 5.32 Å². The van der Waals surface area contributed by atoms with Gasteiger partial charge in [-0.2, -0.15) is 0 Å². The first-order chi connectivity index (χ1) is 15.6. The Labute approximate surface area is 199 Å². The van der Waals surface area contributed by atoms with E-state index in [-0.39, 0.29) is 0 Å². The first-order valence-electron chi connectivity index (χ1n) is 11.8. The summed E-state index contributed by atoms with van der Waals surface area (Å²) in [6.07, 6.45) is 6.39. The number of hydrogen-bond acceptors (Lipinski definition) is 1. The molecule has 1 atom stereocenters. The molecule has 0 spiro atoms. The number of halogens is 1. The summed E-state index contributed by atoms with van der Waals surface area (Å²) in [4.78, 5) is 0. The highest BCUT2D eigenvalue weighted by molar-refractivity contribution is 6.30. The van der Waals surface area contributed by atoms with Gasteiger partial charge in [0.05, 0.1) is 0 Å². The molecule has 1 N–H and O–H groups in total. The predicted octanol–water partition coefficient (Wildman–Crippen LogP) is 7.76. The lowest BCUT2D eigenvalue weighted by Gasteiger charge is -2.13. The van der Waals surface area contributed by atoms with E-state index in [1.807, 2.05) is 18.2 Å². The summed E-state index contributed by atoms with van der Waals surface area (Å²) >= 11 is 6.10. The minimum Gasteiger partial charge on any atom is -0.312 e. The molecular formula is C30H34ClN. The fourth-order valence-corrected chi connectivity index (χ4v) is 3.92. The average molecular weight is 444 g/mol. The first kappa shape index (κ1) is 24.1. The van der Waals surface area contributed by atoms with E-state index in [2.05, 4.69) is 85.6 Å². The normalized spacial score (nSPS) is 11.6. The molecule has 1 unspecified atom stereocenters. The van der Waals surface area contributed by atoms with E-state index in [1.165, 1.54) is 48.8 Å². The zero-order valence-corrected chi connectivity index (χ0v) is 20.1. The molecule has 166 valence electrons. The number of nitrogens with one attached hydrogen (secondary N) is 1. The molecule has 0 aromatic heterocycles. The predicted molar refractivity (Wildman–Crippen MR) is 138 cm³/mol. The van der Waals surface area contributed by atoms with Crippen molar-refractivity contribution in [1.29, 1.82) is 0 Å². The average Bonchev–Trinajstić information content (AvgIpc) is 2.82. The van der Waals surface area contributed by atoms with E-state index in [0.717, 1.165) is 29.2 Å². The molecular weight excluding hydrogens is 410 g/mol. The van der Waals surface area contributed by atoms with Crippen LogP contribution in [-0.4, -0.2) is 6.54 Å². The summed E-state index contributed by atoms with van der Waals surface area (Å²) in [7, 11) is 0. The van der Waals surface area contributed by atoms with E-state index in [1.54, 1.807) is 0 Å². The minimum absolute atomic E-state index is 0.418. The van der Waals surface area contributed by atoms with Crippen LogP contribution in [0.5, 0.6) is 0 Å². The molecule has 0 saturated heterocycles. The van der Waals surface area contributed by atoms with Gasteiger partial charge in [0.2, 0.25) is 0 Å². The van der Waals surface area contributed by atoms with Crippen LogP contribution in [0.15, 0.2) is 72.8 Å². The third kappa shape index (κ3) is 8.19. The standard InChI is InChI=1S/C30H34ClN/c1-3-4-5-6-8-25-11-13-26(14-12-25)15-16-27-17-19-28(20-18-27)23-32-22-24(2)29-9-7-10-30(31)21-29/h7,9-14,17-21,24,32H,3-6,8,22-23H2,1-2H3. The molecule has 0 aliphatic rings. The van der Waals surface area contributed by atoms with E-state index in [0.29, 0.717) is 5.92 Å². The van der Waals surface area contributed by atoms with Crippen molar-refractivity contribution in [2.75, 3.05) is 6.54 Å². The Morgan fingerprint density at radius 2 is 1.47 bits per heavy atom. The molecule has 3 aromatic carbocycles. The van der Waals surface area contributed by atoms with Crippen LogP contribution < -0.4 is 5.32 Å². The third-order valence-corrected chi connectivity index (χ3v) is 6.01. The Hall–Kier alpha value is -2.53. The second-order valence-corrected chi connectivity index (χ2v) is 8.98. The lowest BCUT2D eigenvalue weighted by molar-refractivity contribution is 0.615. The molecule has 2 heteroatoms. The fourth-order valence-electron chi connectivity index (χ4n) is 3.72. The van der Waals surface area contributed by atoms with Crippen molar-refractivity contribution in [3.05, 3.63) is 106 Å². The smallest absolute Gasteiger partial charge is 0.0408 e. The summed E-state index contributed by atoms with van der Waals surface area (Å²) in [5.74, 6) is 6.99. The second-order valence-electron chi connectivity index (χ2n) is 8.54. The van der Waals surface area contributed by atoms with E-state index < -0.39 is 0 Å². The molecule has 0 aliphatic carbocycles. The zero-order valence-electron chi connectivity index (χ0n) is 19.3. The van der Waals surface area contributed by atoms with Crippen molar-refractivity contribution in [2.24, 2.45) is 0 Å². The topological polar surface area (TPSA) is 12.0 Å².